The van der Waals surface area contributed by atoms with Crippen LogP contribution in [0.3, 0.4) is 0 Å². The third kappa shape index (κ3) is 6.32. The lowest BCUT2D eigenvalue weighted by Gasteiger charge is -2.19. The van der Waals surface area contributed by atoms with E-state index in [1.807, 2.05) is 7.05 Å². The first kappa shape index (κ1) is 10.9. The molecule has 0 radical (unpaired) electrons. The lowest BCUT2D eigenvalue weighted by Crippen LogP contribution is -2.36. The largest absolute Gasteiger partial charge is 0.258 e. The second kappa shape index (κ2) is 8.02. The van der Waals surface area contributed by atoms with E-state index in [1.54, 1.807) is 0 Å². The van der Waals surface area contributed by atoms with Crippen LogP contribution in [0.15, 0.2) is 0 Å². The van der Waals surface area contributed by atoms with Gasteiger partial charge < -0.3 is 0 Å². The molecule has 0 spiro atoms. The molecule has 0 rings (SSSR count). The van der Waals surface area contributed by atoms with E-state index in [9.17, 15) is 0 Å². The quantitative estimate of drug-likeness (QED) is 0.570. The van der Waals surface area contributed by atoms with Gasteiger partial charge in [-0.1, -0.05) is 26.7 Å². The minimum absolute atomic E-state index is 1.19. The number of nitrogens with one attached hydrogen (secondary N) is 1. The van der Waals surface area contributed by atoms with Crippen LogP contribution in [0.2, 0.25) is 0 Å². The maximum Gasteiger partial charge on any atom is 0.0130 e. The summed E-state index contributed by atoms with van der Waals surface area (Å²) in [5.74, 6) is 0. The Morgan fingerprint density at radius 1 is 1.00 bits per heavy atom. The molecule has 0 aromatic heterocycles. The van der Waals surface area contributed by atoms with Gasteiger partial charge in [-0.15, -0.1) is 0 Å². The first-order valence-electron chi connectivity index (χ1n) is 4.77. The number of unbranched alkanes of at least 4 members (excludes halogenated alkanes) is 2. The zero-order valence-electron chi connectivity index (χ0n) is 8.19. The summed E-state index contributed by atoms with van der Waals surface area (Å²) in [7, 11) is 2.01. The second-order valence-corrected chi connectivity index (χ2v) is 2.92. The Morgan fingerprint density at radius 3 is 1.73 bits per heavy atom. The van der Waals surface area contributed by atoms with Crippen LogP contribution in [-0.4, -0.2) is 25.1 Å². The van der Waals surface area contributed by atoms with E-state index in [0.29, 0.717) is 0 Å². The SMILES string of the molecule is CCCCN(CCCC)NC. The van der Waals surface area contributed by atoms with Crippen LogP contribution in [0.4, 0.5) is 0 Å². The highest BCUT2D eigenvalue weighted by Gasteiger charge is 1.98. The molecule has 0 aliphatic carbocycles. The molecule has 0 saturated carbocycles. The Balaban J connectivity index is 3.25. The standard InChI is InChI=1S/C9H22N2/c1-4-6-8-11(10-3)9-7-5-2/h10H,4-9H2,1-3H3. The van der Waals surface area contributed by atoms with Gasteiger partial charge in [0.25, 0.3) is 0 Å². The van der Waals surface area contributed by atoms with Gasteiger partial charge in [-0.25, -0.2) is 5.01 Å². The fourth-order valence-electron chi connectivity index (χ4n) is 1.03. The van der Waals surface area contributed by atoms with Crippen molar-refractivity contribution in [3.8, 4) is 0 Å². The average molecular weight is 158 g/mol. The highest BCUT2D eigenvalue weighted by molar-refractivity contribution is 4.49. The Bertz CT molecular complexity index is 66.0. The Kier molecular flexibility index (Phi) is 7.96. The van der Waals surface area contributed by atoms with Gasteiger partial charge >= 0.3 is 0 Å². The van der Waals surface area contributed by atoms with Crippen molar-refractivity contribution in [2.24, 2.45) is 0 Å². The Hall–Kier alpha value is -0.0800. The molecule has 0 heterocycles. The van der Waals surface area contributed by atoms with E-state index in [4.69, 9.17) is 0 Å². The van der Waals surface area contributed by atoms with Gasteiger partial charge in [0.05, 0.1) is 0 Å². The van der Waals surface area contributed by atoms with E-state index in [2.05, 4.69) is 24.3 Å². The molecular formula is C9H22N2. The fraction of sp³-hybridized carbons (Fsp3) is 1.00. The first-order chi connectivity index (χ1) is 5.35. The van der Waals surface area contributed by atoms with Crippen molar-refractivity contribution in [1.29, 1.82) is 0 Å². The van der Waals surface area contributed by atoms with Gasteiger partial charge in [0.2, 0.25) is 0 Å². The van der Waals surface area contributed by atoms with Gasteiger partial charge in [0.1, 0.15) is 0 Å². The monoisotopic (exact) mass is 158 g/mol. The lowest BCUT2D eigenvalue weighted by molar-refractivity contribution is 0.201. The summed E-state index contributed by atoms with van der Waals surface area (Å²) in [5, 5.41) is 2.30. The summed E-state index contributed by atoms with van der Waals surface area (Å²) in [6, 6.07) is 0. The highest BCUT2D eigenvalue weighted by atomic mass is 15.5. The topological polar surface area (TPSA) is 15.3 Å². The normalized spacial score (nSPS) is 10.9. The molecule has 11 heavy (non-hydrogen) atoms. The second-order valence-electron chi connectivity index (χ2n) is 2.92. The predicted octanol–water partition coefficient (Wildman–Crippen LogP) is 2.02. The van der Waals surface area contributed by atoms with Gasteiger partial charge in [-0.3, -0.25) is 5.43 Å². The molecule has 2 nitrogen and oxygen atoms in total. The van der Waals surface area contributed by atoms with Gasteiger partial charge in [-0.2, -0.15) is 0 Å². The first-order valence-corrected chi connectivity index (χ1v) is 4.77. The molecule has 0 saturated heterocycles. The number of hydrazine groups is 1. The van der Waals surface area contributed by atoms with Crippen LogP contribution < -0.4 is 5.43 Å². The maximum atomic E-state index is 3.20. The molecule has 68 valence electrons. The zero-order valence-corrected chi connectivity index (χ0v) is 8.19. The number of nitrogens with zero attached hydrogens (tertiary/aromatic N) is 1. The van der Waals surface area contributed by atoms with Crippen molar-refractivity contribution in [2.75, 3.05) is 20.1 Å². The lowest BCUT2D eigenvalue weighted by atomic mass is 10.3. The molecule has 0 aliphatic rings. The van der Waals surface area contributed by atoms with Crippen molar-refractivity contribution >= 4 is 0 Å². The third-order valence-corrected chi connectivity index (χ3v) is 1.88. The summed E-state index contributed by atoms with van der Waals surface area (Å²) in [5.41, 5.74) is 3.20. The third-order valence-electron chi connectivity index (χ3n) is 1.88. The zero-order chi connectivity index (χ0) is 8.53. The van der Waals surface area contributed by atoms with E-state index in [0.717, 1.165) is 0 Å². The molecule has 0 unspecified atom stereocenters. The smallest absolute Gasteiger partial charge is 0.0130 e. The van der Waals surface area contributed by atoms with Gasteiger partial charge in [0.15, 0.2) is 0 Å². The molecule has 0 aromatic carbocycles. The molecule has 0 bridgehead atoms. The van der Waals surface area contributed by atoms with Crippen molar-refractivity contribution < 1.29 is 0 Å². The summed E-state index contributed by atoms with van der Waals surface area (Å²) in [6.07, 6.45) is 5.16. The van der Waals surface area contributed by atoms with Crippen LogP contribution in [0.25, 0.3) is 0 Å². The minimum atomic E-state index is 1.19. The van der Waals surface area contributed by atoms with E-state index in [1.165, 1.54) is 38.8 Å². The summed E-state index contributed by atoms with van der Waals surface area (Å²) >= 11 is 0. The van der Waals surface area contributed by atoms with Crippen LogP contribution in [0.5, 0.6) is 0 Å². The molecule has 0 amide bonds. The molecule has 0 aliphatic heterocycles. The number of hydrogen-bond donors (Lipinski definition) is 1. The fourth-order valence-corrected chi connectivity index (χ4v) is 1.03. The Labute approximate surface area is 70.9 Å². The van der Waals surface area contributed by atoms with Crippen LogP contribution in [-0.2, 0) is 0 Å². The molecule has 0 fully saturated rings. The van der Waals surface area contributed by atoms with Crippen LogP contribution >= 0.6 is 0 Å². The molecule has 0 aromatic rings. The maximum absolute atomic E-state index is 3.20. The molecule has 1 N–H and O–H groups in total. The number of rotatable bonds is 7. The highest BCUT2D eigenvalue weighted by Crippen LogP contribution is 1.94. The average Bonchev–Trinajstić information content (AvgIpc) is 2.05. The van der Waals surface area contributed by atoms with Gasteiger partial charge in [0, 0.05) is 13.1 Å². The van der Waals surface area contributed by atoms with Crippen molar-refractivity contribution in [1.82, 2.24) is 10.4 Å². The molecule has 0 atom stereocenters. The van der Waals surface area contributed by atoms with Gasteiger partial charge in [-0.05, 0) is 19.9 Å². The van der Waals surface area contributed by atoms with Crippen molar-refractivity contribution in [2.45, 2.75) is 39.5 Å². The summed E-state index contributed by atoms with van der Waals surface area (Å²) in [6.45, 7) is 6.83. The van der Waals surface area contributed by atoms with E-state index < -0.39 is 0 Å². The van der Waals surface area contributed by atoms with Crippen LogP contribution in [0, 0.1) is 0 Å². The summed E-state index contributed by atoms with van der Waals surface area (Å²) < 4.78 is 0. The number of hydrogen-bond acceptors (Lipinski definition) is 2. The predicted molar refractivity (Wildman–Crippen MR) is 50.4 cm³/mol. The summed E-state index contributed by atoms with van der Waals surface area (Å²) in [4.78, 5) is 0. The molecule has 2 heteroatoms. The van der Waals surface area contributed by atoms with Crippen molar-refractivity contribution in [3.05, 3.63) is 0 Å². The van der Waals surface area contributed by atoms with E-state index in [-0.39, 0.29) is 0 Å². The minimum Gasteiger partial charge on any atom is -0.258 e. The molecular weight excluding hydrogens is 136 g/mol. The van der Waals surface area contributed by atoms with Crippen molar-refractivity contribution in [3.63, 3.8) is 0 Å². The Morgan fingerprint density at radius 2 is 1.45 bits per heavy atom. The van der Waals surface area contributed by atoms with Crippen LogP contribution in [0.1, 0.15) is 39.5 Å². The van der Waals surface area contributed by atoms with E-state index >= 15 is 0 Å².